The predicted octanol–water partition coefficient (Wildman–Crippen LogP) is -0.268. The molecule has 21 heavy (non-hydrogen) atoms. The van der Waals surface area contributed by atoms with Crippen LogP contribution in [0, 0.1) is 16.5 Å². The van der Waals surface area contributed by atoms with Gasteiger partial charge in [0, 0.05) is 10.7 Å². The third-order valence-electron chi connectivity index (χ3n) is 2.66. The van der Waals surface area contributed by atoms with Crippen LogP contribution in [0.3, 0.4) is 0 Å². The van der Waals surface area contributed by atoms with Crippen molar-refractivity contribution in [1.29, 1.82) is 5.26 Å². The monoisotopic (exact) mass is 288 g/mol. The summed E-state index contributed by atoms with van der Waals surface area (Å²) in [5.74, 6) is -1.82. The van der Waals surface area contributed by atoms with Crippen LogP contribution >= 0.6 is 0 Å². The van der Waals surface area contributed by atoms with E-state index in [1.165, 1.54) is 18.2 Å². The van der Waals surface area contributed by atoms with Crippen LogP contribution in [0.15, 0.2) is 22.8 Å². The summed E-state index contributed by atoms with van der Waals surface area (Å²) >= 11 is 0. The van der Waals surface area contributed by atoms with Crippen molar-refractivity contribution in [3.8, 4) is 17.3 Å². The smallest absolute Gasteiger partial charge is 0.338 e. The first kappa shape index (κ1) is 14.0. The molecule has 9 heteroatoms. The minimum absolute atomic E-state index is 0.00731. The third kappa shape index (κ3) is 2.37. The third-order valence-corrected chi connectivity index (χ3v) is 2.66. The number of nitriles is 1. The average Bonchev–Trinajstić information content (AvgIpc) is 2.87. The van der Waals surface area contributed by atoms with Gasteiger partial charge in [0.1, 0.15) is 0 Å². The summed E-state index contributed by atoms with van der Waals surface area (Å²) in [5.41, 5.74) is 4.50. The molecule has 0 spiro atoms. The molecular formula is C12H8N4O5. The van der Waals surface area contributed by atoms with Crippen LogP contribution < -0.4 is 10.6 Å². The first-order valence-electron chi connectivity index (χ1n) is 5.52. The highest BCUT2D eigenvalue weighted by Crippen LogP contribution is 2.26. The molecular weight excluding hydrogens is 280 g/mol. The lowest BCUT2D eigenvalue weighted by Gasteiger charge is -2.04. The maximum Gasteiger partial charge on any atom is 0.338 e. The van der Waals surface area contributed by atoms with Gasteiger partial charge in [0.25, 0.3) is 17.3 Å². The van der Waals surface area contributed by atoms with E-state index in [2.05, 4.69) is 14.5 Å². The number of benzene rings is 1. The molecule has 0 aliphatic carbocycles. The van der Waals surface area contributed by atoms with Gasteiger partial charge in [-0.3, -0.25) is 9.42 Å². The standard InChI is InChI=1S/C12H8N4O5/c1-20-12(18)7-3-2-6(5-13)4-8(7)9-10(11(14)17)16(19)21-15-9/h2-4H,1H3,(H2,14,17). The molecule has 0 aliphatic heterocycles. The molecule has 0 atom stereocenters. The molecule has 0 radical (unpaired) electrons. The number of amides is 1. The predicted molar refractivity (Wildman–Crippen MR) is 65.5 cm³/mol. The minimum atomic E-state index is -1.08. The molecule has 2 aromatic rings. The highest BCUT2D eigenvalue weighted by Gasteiger charge is 2.29. The first-order chi connectivity index (χ1) is 9.99. The molecule has 0 aliphatic rings. The van der Waals surface area contributed by atoms with Crippen molar-refractivity contribution in [3.05, 3.63) is 40.2 Å². The molecule has 106 valence electrons. The Bertz CT molecular complexity index is 774. The molecule has 2 rings (SSSR count). The number of aromatic nitrogens is 2. The van der Waals surface area contributed by atoms with Gasteiger partial charge in [-0.2, -0.15) is 5.26 Å². The van der Waals surface area contributed by atoms with E-state index in [9.17, 15) is 14.8 Å². The molecule has 0 bridgehead atoms. The summed E-state index contributed by atoms with van der Waals surface area (Å²) < 4.78 is 8.93. The van der Waals surface area contributed by atoms with Crippen LogP contribution in [0.2, 0.25) is 0 Å². The molecule has 0 fully saturated rings. The van der Waals surface area contributed by atoms with E-state index >= 15 is 0 Å². The zero-order chi connectivity index (χ0) is 15.6. The van der Waals surface area contributed by atoms with Crippen molar-refractivity contribution in [2.75, 3.05) is 7.11 Å². The summed E-state index contributed by atoms with van der Waals surface area (Å²) in [6.07, 6.45) is 0. The van der Waals surface area contributed by atoms with Crippen molar-refractivity contribution in [1.82, 2.24) is 5.16 Å². The Balaban J connectivity index is 2.76. The molecule has 2 N–H and O–H groups in total. The largest absolute Gasteiger partial charge is 0.465 e. The van der Waals surface area contributed by atoms with Gasteiger partial charge >= 0.3 is 5.97 Å². The zero-order valence-corrected chi connectivity index (χ0v) is 10.7. The number of hydrogen-bond donors (Lipinski definition) is 1. The van der Waals surface area contributed by atoms with Crippen molar-refractivity contribution < 1.29 is 23.9 Å². The fourth-order valence-corrected chi connectivity index (χ4v) is 1.73. The van der Waals surface area contributed by atoms with Crippen LogP contribution in [-0.2, 0) is 4.74 Å². The fraction of sp³-hybridized carbons (Fsp3) is 0.0833. The number of nitrogens with two attached hydrogens (primary N) is 1. The van der Waals surface area contributed by atoms with Crippen molar-refractivity contribution in [3.63, 3.8) is 0 Å². The van der Waals surface area contributed by atoms with Gasteiger partial charge in [-0.1, -0.05) is 0 Å². The number of rotatable bonds is 3. The van der Waals surface area contributed by atoms with Crippen molar-refractivity contribution in [2.45, 2.75) is 0 Å². The van der Waals surface area contributed by atoms with Crippen LogP contribution in [0.5, 0.6) is 0 Å². The Kier molecular flexibility index (Phi) is 3.53. The highest BCUT2D eigenvalue weighted by molar-refractivity contribution is 6.01. The van der Waals surface area contributed by atoms with E-state index in [4.69, 9.17) is 11.0 Å². The van der Waals surface area contributed by atoms with E-state index in [1.54, 1.807) is 0 Å². The summed E-state index contributed by atoms with van der Waals surface area (Å²) in [5, 5.41) is 23.7. The molecule has 9 nitrogen and oxygen atoms in total. The molecule has 0 unspecified atom stereocenters. The van der Waals surface area contributed by atoms with Gasteiger partial charge in [0.2, 0.25) is 0 Å². The second kappa shape index (κ2) is 5.30. The Morgan fingerprint density at radius 2 is 2.24 bits per heavy atom. The molecule has 1 aromatic carbocycles. The zero-order valence-electron chi connectivity index (χ0n) is 10.7. The van der Waals surface area contributed by atoms with Crippen LogP contribution in [0.4, 0.5) is 0 Å². The highest BCUT2D eigenvalue weighted by atomic mass is 16.8. The van der Waals surface area contributed by atoms with Crippen molar-refractivity contribution >= 4 is 11.9 Å². The molecule has 0 saturated carbocycles. The lowest BCUT2D eigenvalue weighted by molar-refractivity contribution is -0.803. The summed E-state index contributed by atoms with van der Waals surface area (Å²) in [6.45, 7) is 0. The number of hydrogen-bond acceptors (Lipinski definition) is 7. The fourth-order valence-electron chi connectivity index (χ4n) is 1.73. The number of esters is 1. The van der Waals surface area contributed by atoms with E-state index in [0.29, 0.717) is 0 Å². The van der Waals surface area contributed by atoms with Crippen molar-refractivity contribution in [2.24, 2.45) is 5.73 Å². The SMILES string of the molecule is COC(=O)c1ccc(C#N)cc1-c1no[n+]([O-])c1C(N)=O. The van der Waals surface area contributed by atoms with E-state index in [1.807, 2.05) is 6.07 Å². The number of ether oxygens (including phenoxy) is 1. The summed E-state index contributed by atoms with van der Waals surface area (Å²) in [4.78, 5) is 22.9. The van der Waals surface area contributed by atoms with Gasteiger partial charge in [-0.05, 0) is 23.1 Å². The summed E-state index contributed by atoms with van der Waals surface area (Å²) in [7, 11) is 1.16. The minimum Gasteiger partial charge on any atom is -0.465 e. The van der Waals surface area contributed by atoms with Gasteiger partial charge < -0.3 is 15.7 Å². The number of primary amides is 1. The van der Waals surface area contributed by atoms with Crippen LogP contribution in [-0.4, -0.2) is 24.1 Å². The van der Waals surface area contributed by atoms with E-state index in [-0.39, 0.29) is 27.3 Å². The quantitative estimate of drug-likeness (QED) is 0.604. The number of nitrogens with zero attached hydrogens (tertiary/aromatic N) is 3. The average molecular weight is 288 g/mol. The van der Waals surface area contributed by atoms with Gasteiger partial charge in [-0.25, -0.2) is 4.79 Å². The van der Waals surface area contributed by atoms with E-state index in [0.717, 1.165) is 7.11 Å². The van der Waals surface area contributed by atoms with E-state index < -0.39 is 17.6 Å². The van der Waals surface area contributed by atoms with Gasteiger partial charge in [0.05, 0.1) is 24.3 Å². The molecule has 1 aromatic heterocycles. The number of carbonyl (C=O) groups is 2. The second-order valence-electron chi connectivity index (χ2n) is 3.86. The molecule has 1 amide bonds. The topological polar surface area (TPSA) is 146 Å². The second-order valence-corrected chi connectivity index (χ2v) is 3.86. The Morgan fingerprint density at radius 1 is 1.52 bits per heavy atom. The number of carbonyl (C=O) groups excluding carboxylic acids is 2. The maximum atomic E-state index is 11.7. The first-order valence-corrected chi connectivity index (χ1v) is 5.52. The van der Waals surface area contributed by atoms with Gasteiger partial charge in [-0.15, -0.1) is 0 Å². The Hall–Kier alpha value is -3.41. The van der Waals surface area contributed by atoms with Crippen LogP contribution in [0.25, 0.3) is 11.3 Å². The van der Waals surface area contributed by atoms with Crippen LogP contribution in [0.1, 0.15) is 26.4 Å². The molecule has 0 saturated heterocycles. The lowest BCUT2D eigenvalue weighted by atomic mass is 10.00. The normalized spacial score (nSPS) is 9.90. The Labute approximate surface area is 117 Å². The number of methoxy groups -OCH3 is 1. The molecule has 1 heterocycles. The summed E-state index contributed by atoms with van der Waals surface area (Å²) in [6, 6.07) is 5.83. The lowest BCUT2D eigenvalue weighted by Crippen LogP contribution is -2.34. The Morgan fingerprint density at radius 3 is 2.81 bits per heavy atom. The maximum absolute atomic E-state index is 11.7. The van der Waals surface area contributed by atoms with Gasteiger partial charge in [0.15, 0.2) is 0 Å².